The summed E-state index contributed by atoms with van der Waals surface area (Å²) >= 11 is 0. The van der Waals surface area contributed by atoms with Crippen LogP contribution in [0.1, 0.15) is 43.6 Å². The van der Waals surface area contributed by atoms with Gasteiger partial charge in [-0.1, -0.05) is 27.7 Å². The monoisotopic (exact) mass is 275 g/mol. The highest BCUT2D eigenvalue weighted by atomic mass is 16.4. The van der Waals surface area contributed by atoms with E-state index in [9.17, 15) is 9.59 Å². The van der Waals surface area contributed by atoms with Gasteiger partial charge in [0.05, 0.1) is 5.56 Å². The zero-order valence-electron chi connectivity index (χ0n) is 12.6. The third-order valence-electron chi connectivity index (χ3n) is 5.01. The zero-order valence-corrected chi connectivity index (χ0v) is 12.6. The van der Waals surface area contributed by atoms with Crippen molar-refractivity contribution < 1.29 is 14.7 Å². The molecule has 0 aromatic heterocycles. The molecule has 1 aliphatic rings. The van der Waals surface area contributed by atoms with Crippen LogP contribution in [0.25, 0.3) is 0 Å². The molecule has 108 valence electrons. The van der Waals surface area contributed by atoms with E-state index < -0.39 is 5.97 Å². The molecule has 1 amide bonds. The fraction of sp³-hybridized carbons (Fsp3) is 0.500. The second-order valence-corrected chi connectivity index (χ2v) is 6.70. The average Bonchev–Trinajstić information content (AvgIpc) is 2.68. The molecule has 1 aromatic carbocycles. The fourth-order valence-electron chi connectivity index (χ4n) is 3.05. The molecule has 0 bridgehead atoms. The fourth-order valence-corrected chi connectivity index (χ4v) is 3.05. The molecule has 20 heavy (non-hydrogen) atoms. The van der Waals surface area contributed by atoms with Crippen molar-refractivity contribution in [3.8, 4) is 0 Å². The average molecular weight is 275 g/mol. The van der Waals surface area contributed by atoms with Crippen LogP contribution in [0.4, 0.5) is 5.69 Å². The molecule has 1 fully saturated rings. The highest BCUT2D eigenvalue weighted by molar-refractivity contribution is 5.97. The number of hydrogen-bond donors (Lipinski definition) is 2. The predicted molar refractivity (Wildman–Crippen MR) is 77.8 cm³/mol. The predicted octanol–water partition coefficient (Wildman–Crippen LogP) is 3.31. The SMILES string of the molecule is Cc1cc(NC(=O)C2C(C)(C)C2(C)C)ccc1C(=O)O. The molecule has 0 radical (unpaired) electrons. The lowest BCUT2D eigenvalue weighted by Crippen LogP contribution is -2.18. The molecule has 1 saturated carbocycles. The zero-order chi connectivity index (χ0) is 15.3. The number of carbonyl (C=O) groups is 2. The van der Waals surface area contributed by atoms with Gasteiger partial charge < -0.3 is 10.4 Å². The van der Waals surface area contributed by atoms with Gasteiger partial charge in [0.2, 0.25) is 5.91 Å². The molecule has 4 heteroatoms. The number of nitrogens with one attached hydrogen (secondary N) is 1. The molecule has 1 aromatic rings. The maximum Gasteiger partial charge on any atom is 0.335 e. The molecule has 0 heterocycles. The Kier molecular flexibility index (Phi) is 3.16. The van der Waals surface area contributed by atoms with Crippen molar-refractivity contribution in [1.82, 2.24) is 0 Å². The second kappa shape index (κ2) is 4.33. The van der Waals surface area contributed by atoms with Crippen LogP contribution in [0.5, 0.6) is 0 Å². The Hall–Kier alpha value is -1.84. The first-order chi connectivity index (χ1) is 9.09. The number of hydrogen-bond acceptors (Lipinski definition) is 2. The minimum Gasteiger partial charge on any atom is -0.478 e. The number of rotatable bonds is 3. The Labute approximate surface area is 119 Å². The minimum absolute atomic E-state index is 0.00229. The number of aromatic carboxylic acids is 1. The van der Waals surface area contributed by atoms with Crippen LogP contribution in [0.2, 0.25) is 0 Å². The van der Waals surface area contributed by atoms with Crippen LogP contribution in [0.3, 0.4) is 0 Å². The van der Waals surface area contributed by atoms with Crippen molar-refractivity contribution in [1.29, 1.82) is 0 Å². The molecule has 0 saturated heterocycles. The van der Waals surface area contributed by atoms with Gasteiger partial charge in [-0.2, -0.15) is 0 Å². The lowest BCUT2D eigenvalue weighted by atomic mass is 10.0. The van der Waals surface area contributed by atoms with Crippen molar-refractivity contribution in [2.45, 2.75) is 34.6 Å². The Morgan fingerprint density at radius 3 is 2.10 bits per heavy atom. The van der Waals surface area contributed by atoms with E-state index in [2.05, 4.69) is 33.0 Å². The van der Waals surface area contributed by atoms with Crippen LogP contribution in [0.15, 0.2) is 18.2 Å². The maximum absolute atomic E-state index is 12.3. The van der Waals surface area contributed by atoms with Gasteiger partial charge in [0.15, 0.2) is 0 Å². The molecule has 4 nitrogen and oxygen atoms in total. The van der Waals surface area contributed by atoms with E-state index in [0.29, 0.717) is 11.3 Å². The Bertz CT molecular complexity index is 573. The Morgan fingerprint density at radius 2 is 1.70 bits per heavy atom. The molecular formula is C16H21NO3. The first-order valence-electron chi connectivity index (χ1n) is 6.74. The quantitative estimate of drug-likeness (QED) is 0.889. The van der Waals surface area contributed by atoms with Crippen LogP contribution < -0.4 is 5.32 Å². The van der Waals surface area contributed by atoms with E-state index in [-0.39, 0.29) is 28.2 Å². The van der Waals surface area contributed by atoms with Gasteiger partial charge in [0.25, 0.3) is 0 Å². The lowest BCUT2D eigenvalue weighted by Gasteiger charge is -2.08. The molecular weight excluding hydrogens is 254 g/mol. The van der Waals surface area contributed by atoms with Gasteiger partial charge in [0.1, 0.15) is 0 Å². The molecule has 0 spiro atoms. The summed E-state index contributed by atoms with van der Waals surface area (Å²) in [5.74, 6) is -0.971. The van der Waals surface area contributed by atoms with Crippen LogP contribution in [0, 0.1) is 23.7 Å². The van der Waals surface area contributed by atoms with Gasteiger partial charge in [-0.25, -0.2) is 4.79 Å². The van der Waals surface area contributed by atoms with Gasteiger partial charge >= 0.3 is 5.97 Å². The van der Waals surface area contributed by atoms with Gasteiger partial charge in [-0.3, -0.25) is 4.79 Å². The van der Waals surface area contributed by atoms with Gasteiger partial charge in [-0.15, -0.1) is 0 Å². The number of carboxylic acid groups (broad SMARTS) is 1. The van der Waals surface area contributed by atoms with E-state index in [1.54, 1.807) is 19.1 Å². The second-order valence-electron chi connectivity index (χ2n) is 6.70. The minimum atomic E-state index is -0.954. The number of carboxylic acids is 1. The Balaban J connectivity index is 2.14. The first kappa shape index (κ1) is 14.6. The summed E-state index contributed by atoms with van der Waals surface area (Å²) in [6.07, 6.45) is 0. The molecule has 1 aliphatic carbocycles. The number of carbonyl (C=O) groups excluding carboxylic acids is 1. The van der Waals surface area contributed by atoms with Crippen LogP contribution in [-0.4, -0.2) is 17.0 Å². The van der Waals surface area contributed by atoms with Crippen LogP contribution >= 0.6 is 0 Å². The van der Waals surface area contributed by atoms with Crippen molar-refractivity contribution in [2.75, 3.05) is 5.32 Å². The third kappa shape index (κ3) is 2.09. The number of benzene rings is 1. The van der Waals surface area contributed by atoms with E-state index >= 15 is 0 Å². The summed E-state index contributed by atoms with van der Waals surface area (Å²) in [7, 11) is 0. The molecule has 0 atom stereocenters. The van der Waals surface area contributed by atoms with E-state index in [1.165, 1.54) is 6.07 Å². The van der Waals surface area contributed by atoms with E-state index in [4.69, 9.17) is 5.11 Å². The standard InChI is InChI=1S/C16H21NO3/c1-9-8-10(6-7-11(9)14(19)20)17-13(18)12-15(2,3)16(12,4)5/h6-8,12H,1-5H3,(H,17,18)(H,19,20). The van der Waals surface area contributed by atoms with Gasteiger partial charge in [0, 0.05) is 11.6 Å². The first-order valence-corrected chi connectivity index (χ1v) is 6.74. The van der Waals surface area contributed by atoms with Crippen molar-refractivity contribution in [3.05, 3.63) is 29.3 Å². The number of amides is 1. The van der Waals surface area contributed by atoms with Crippen molar-refractivity contribution in [2.24, 2.45) is 16.7 Å². The van der Waals surface area contributed by atoms with Crippen LogP contribution in [-0.2, 0) is 4.79 Å². The maximum atomic E-state index is 12.3. The third-order valence-corrected chi connectivity index (χ3v) is 5.01. The van der Waals surface area contributed by atoms with E-state index in [0.717, 1.165) is 0 Å². The summed E-state index contributed by atoms with van der Waals surface area (Å²) in [5, 5.41) is 11.9. The van der Waals surface area contributed by atoms with Crippen molar-refractivity contribution in [3.63, 3.8) is 0 Å². The molecule has 2 rings (SSSR count). The molecule has 0 aliphatic heterocycles. The summed E-state index contributed by atoms with van der Waals surface area (Å²) in [6, 6.07) is 4.86. The van der Waals surface area contributed by atoms with Gasteiger partial charge in [-0.05, 0) is 41.5 Å². The molecule has 2 N–H and O–H groups in total. The van der Waals surface area contributed by atoms with E-state index in [1.807, 2.05) is 0 Å². The largest absolute Gasteiger partial charge is 0.478 e. The normalized spacial score (nSPS) is 19.4. The number of aryl methyl sites for hydroxylation is 1. The summed E-state index contributed by atoms with van der Waals surface area (Å²) in [5.41, 5.74) is 1.54. The molecule has 0 unspecified atom stereocenters. The highest BCUT2D eigenvalue weighted by Crippen LogP contribution is 2.68. The lowest BCUT2D eigenvalue weighted by molar-refractivity contribution is -0.118. The smallest absolute Gasteiger partial charge is 0.335 e. The summed E-state index contributed by atoms with van der Waals surface area (Å²) < 4.78 is 0. The van der Waals surface area contributed by atoms with Crippen molar-refractivity contribution >= 4 is 17.6 Å². The number of anilines is 1. The Morgan fingerprint density at radius 1 is 1.15 bits per heavy atom. The topological polar surface area (TPSA) is 66.4 Å². The summed E-state index contributed by atoms with van der Waals surface area (Å²) in [4.78, 5) is 23.3. The highest BCUT2D eigenvalue weighted by Gasteiger charge is 2.68. The summed E-state index contributed by atoms with van der Waals surface area (Å²) in [6.45, 7) is 10.1.